The summed E-state index contributed by atoms with van der Waals surface area (Å²) in [6.45, 7) is 3.82. The maximum Gasteiger partial charge on any atom is 0.308 e. The van der Waals surface area contributed by atoms with E-state index in [4.69, 9.17) is 22.1 Å². The number of phenols is 1. The van der Waals surface area contributed by atoms with E-state index in [1.807, 2.05) is 0 Å². The van der Waals surface area contributed by atoms with Gasteiger partial charge in [-0.1, -0.05) is 11.6 Å². The lowest BCUT2D eigenvalue weighted by atomic mass is 9.99. The molecule has 0 heterocycles. The van der Waals surface area contributed by atoms with Crippen molar-refractivity contribution in [2.45, 2.75) is 32.7 Å². The standard InChI is InChI=1S/C15H21ClN2O4/c1-3-22-14(20)8-12(18-13(19)4-5-17)11-7-10(16)6-9(2)15(11)21/h6-7,12,21H,3-5,8,17H2,1-2H3,(H,18,19). The van der Waals surface area contributed by atoms with Gasteiger partial charge in [0.25, 0.3) is 0 Å². The summed E-state index contributed by atoms with van der Waals surface area (Å²) in [4.78, 5) is 23.5. The third-order valence-corrected chi connectivity index (χ3v) is 3.27. The van der Waals surface area contributed by atoms with Crippen molar-refractivity contribution in [1.82, 2.24) is 5.32 Å². The number of hydrogen-bond donors (Lipinski definition) is 3. The lowest BCUT2D eigenvalue weighted by Crippen LogP contribution is -2.32. The van der Waals surface area contributed by atoms with Gasteiger partial charge in [0.2, 0.25) is 5.91 Å². The smallest absolute Gasteiger partial charge is 0.308 e. The highest BCUT2D eigenvalue weighted by molar-refractivity contribution is 6.30. The summed E-state index contributed by atoms with van der Waals surface area (Å²) in [7, 11) is 0. The summed E-state index contributed by atoms with van der Waals surface area (Å²) in [5.41, 5.74) is 6.29. The molecule has 1 atom stereocenters. The monoisotopic (exact) mass is 328 g/mol. The van der Waals surface area contributed by atoms with Crippen molar-refractivity contribution in [3.05, 3.63) is 28.3 Å². The molecule has 22 heavy (non-hydrogen) atoms. The Balaban J connectivity index is 3.08. The van der Waals surface area contributed by atoms with Gasteiger partial charge in [0.1, 0.15) is 5.75 Å². The number of halogens is 1. The molecule has 1 aromatic carbocycles. The van der Waals surface area contributed by atoms with E-state index >= 15 is 0 Å². The van der Waals surface area contributed by atoms with Crippen LogP contribution < -0.4 is 11.1 Å². The maximum atomic E-state index is 11.8. The lowest BCUT2D eigenvalue weighted by Gasteiger charge is -2.20. The first-order chi connectivity index (χ1) is 10.4. The van der Waals surface area contributed by atoms with Gasteiger partial charge < -0.3 is 20.9 Å². The first-order valence-electron chi connectivity index (χ1n) is 7.03. The highest BCUT2D eigenvalue weighted by atomic mass is 35.5. The molecule has 0 saturated heterocycles. The molecule has 1 rings (SSSR count). The number of nitrogens with one attached hydrogen (secondary N) is 1. The molecule has 6 nitrogen and oxygen atoms in total. The van der Waals surface area contributed by atoms with Gasteiger partial charge in [0, 0.05) is 23.6 Å². The number of aryl methyl sites for hydroxylation is 1. The Kier molecular flexibility index (Phi) is 7.14. The van der Waals surface area contributed by atoms with Crippen molar-refractivity contribution >= 4 is 23.5 Å². The number of carbonyl (C=O) groups is 2. The van der Waals surface area contributed by atoms with Gasteiger partial charge >= 0.3 is 5.97 Å². The Morgan fingerprint density at radius 3 is 2.73 bits per heavy atom. The van der Waals surface area contributed by atoms with Crippen LogP contribution in [0.1, 0.15) is 36.9 Å². The Morgan fingerprint density at radius 2 is 2.14 bits per heavy atom. The van der Waals surface area contributed by atoms with E-state index < -0.39 is 12.0 Å². The molecule has 1 unspecified atom stereocenters. The van der Waals surface area contributed by atoms with Crippen LogP contribution in [0.5, 0.6) is 5.75 Å². The number of rotatable bonds is 7. The molecule has 1 aromatic rings. The van der Waals surface area contributed by atoms with E-state index in [9.17, 15) is 14.7 Å². The Morgan fingerprint density at radius 1 is 1.45 bits per heavy atom. The summed E-state index contributed by atoms with van der Waals surface area (Å²) in [6.07, 6.45) is 0.0249. The van der Waals surface area contributed by atoms with Gasteiger partial charge in [-0.15, -0.1) is 0 Å². The topological polar surface area (TPSA) is 102 Å². The van der Waals surface area contributed by atoms with Crippen molar-refractivity contribution in [2.75, 3.05) is 13.2 Å². The van der Waals surface area contributed by atoms with Crippen molar-refractivity contribution in [2.24, 2.45) is 5.73 Å². The third kappa shape index (κ3) is 5.20. The summed E-state index contributed by atoms with van der Waals surface area (Å²) in [5, 5.41) is 13.3. The van der Waals surface area contributed by atoms with Gasteiger partial charge in [-0.05, 0) is 31.5 Å². The zero-order valence-electron chi connectivity index (χ0n) is 12.7. The molecule has 4 N–H and O–H groups in total. The fourth-order valence-corrected chi connectivity index (χ4v) is 2.33. The molecule has 0 spiro atoms. The molecule has 0 bridgehead atoms. The Labute approximate surface area is 134 Å². The summed E-state index contributed by atoms with van der Waals surface area (Å²) < 4.78 is 4.91. The maximum absolute atomic E-state index is 11.8. The molecular formula is C15H21ClN2O4. The zero-order chi connectivity index (χ0) is 16.7. The number of ether oxygens (including phenoxy) is 1. The van der Waals surface area contributed by atoms with Gasteiger partial charge in [-0.2, -0.15) is 0 Å². The first-order valence-corrected chi connectivity index (χ1v) is 7.40. The van der Waals surface area contributed by atoms with E-state index in [1.54, 1.807) is 19.9 Å². The van der Waals surface area contributed by atoms with E-state index in [0.29, 0.717) is 16.1 Å². The molecule has 0 radical (unpaired) electrons. The number of nitrogens with two attached hydrogens (primary N) is 1. The normalized spacial score (nSPS) is 11.8. The minimum absolute atomic E-state index is 0.00764. The van der Waals surface area contributed by atoms with Crippen molar-refractivity contribution in [1.29, 1.82) is 0 Å². The molecule has 0 aromatic heterocycles. The minimum Gasteiger partial charge on any atom is -0.507 e. The number of amides is 1. The molecular weight excluding hydrogens is 308 g/mol. The van der Waals surface area contributed by atoms with Crippen LogP contribution in [0.3, 0.4) is 0 Å². The van der Waals surface area contributed by atoms with Crippen LogP contribution in [0.25, 0.3) is 0 Å². The van der Waals surface area contributed by atoms with Gasteiger partial charge in [-0.3, -0.25) is 9.59 Å². The quantitative estimate of drug-likeness (QED) is 0.663. The highest BCUT2D eigenvalue weighted by Crippen LogP contribution is 2.33. The lowest BCUT2D eigenvalue weighted by molar-refractivity contribution is -0.143. The molecule has 1 amide bonds. The average Bonchev–Trinajstić information content (AvgIpc) is 2.42. The van der Waals surface area contributed by atoms with Crippen molar-refractivity contribution in [3.63, 3.8) is 0 Å². The van der Waals surface area contributed by atoms with E-state index in [0.717, 1.165) is 0 Å². The highest BCUT2D eigenvalue weighted by Gasteiger charge is 2.23. The molecule has 122 valence electrons. The Bertz CT molecular complexity index is 529. The van der Waals surface area contributed by atoms with Gasteiger partial charge in [-0.25, -0.2) is 0 Å². The third-order valence-electron chi connectivity index (χ3n) is 3.05. The number of carbonyl (C=O) groups excluding carboxylic acids is 2. The van der Waals surface area contributed by atoms with Gasteiger partial charge in [0.15, 0.2) is 0 Å². The second kappa shape index (κ2) is 8.60. The number of benzene rings is 1. The molecule has 0 aliphatic carbocycles. The summed E-state index contributed by atoms with van der Waals surface area (Å²) >= 11 is 6.00. The number of phenolic OH excluding ortho intramolecular Hbond substituents is 1. The van der Waals surface area contributed by atoms with E-state index in [2.05, 4.69) is 5.32 Å². The summed E-state index contributed by atoms with van der Waals surface area (Å²) in [6, 6.07) is 2.40. The number of hydrogen-bond acceptors (Lipinski definition) is 5. The van der Waals surface area contributed by atoms with Crippen LogP contribution in [-0.2, 0) is 14.3 Å². The number of esters is 1. The van der Waals surface area contributed by atoms with Crippen LogP contribution in [0.2, 0.25) is 5.02 Å². The largest absolute Gasteiger partial charge is 0.507 e. The average molecular weight is 329 g/mol. The molecule has 0 saturated carbocycles. The minimum atomic E-state index is -0.726. The predicted molar refractivity (Wildman–Crippen MR) is 83.7 cm³/mol. The van der Waals surface area contributed by atoms with Crippen LogP contribution >= 0.6 is 11.6 Å². The fourth-order valence-electron chi connectivity index (χ4n) is 2.05. The molecule has 0 aliphatic rings. The first kappa shape index (κ1) is 18.3. The van der Waals surface area contributed by atoms with Crippen LogP contribution in [-0.4, -0.2) is 30.1 Å². The molecule has 7 heteroatoms. The molecule has 0 fully saturated rings. The fraction of sp³-hybridized carbons (Fsp3) is 0.467. The molecule has 0 aliphatic heterocycles. The van der Waals surface area contributed by atoms with Gasteiger partial charge in [0.05, 0.1) is 19.1 Å². The predicted octanol–water partition coefficient (Wildman–Crippen LogP) is 1.81. The van der Waals surface area contributed by atoms with Crippen LogP contribution in [0.15, 0.2) is 12.1 Å². The Hall–Kier alpha value is -1.79. The van der Waals surface area contributed by atoms with Crippen LogP contribution in [0, 0.1) is 6.92 Å². The second-order valence-electron chi connectivity index (χ2n) is 4.83. The van der Waals surface area contributed by atoms with E-state index in [1.165, 1.54) is 6.07 Å². The number of aromatic hydroxyl groups is 1. The van der Waals surface area contributed by atoms with E-state index in [-0.39, 0.29) is 37.6 Å². The second-order valence-corrected chi connectivity index (χ2v) is 5.26. The van der Waals surface area contributed by atoms with Crippen molar-refractivity contribution < 1.29 is 19.4 Å². The zero-order valence-corrected chi connectivity index (χ0v) is 13.4. The van der Waals surface area contributed by atoms with Crippen molar-refractivity contribution in [3.8, 4) is 5.75 Å². The summed E-state index contributed by atoms with van der Waals surface area (Å²) in [5.74, 6) is -0.793. The van der Waals surface area contributed by atoms with Crippen LogP contribution in [0.4, 0.5) is 0 Å². The SMILES string of the molecule is CCOC(=O)CC(NC(=O)CCN)c1cc(Cl)cc(C)c1O.